The molecule has 2 aromatic rings. The summed E-state index contributed by atoms with van der Waals surface area (Å²) >= 11 is 0. The van der Waals surface area contributed by atoms with Crippen LogP contribution in [0.3, 0.4) is 0 Å². The van der Waals surface area contributed by atoms with E-state index in [1.807, 2.05) is 0 Å². The molecule has 0 spiro atoms. The predicted octanol–water partition coefficient (Wildman–Crippen LogP) is 3.68. The third-order valence-electron chi connectivity index (χ3n) is 5.39. The molecule has 7 nitrogen and oxygen atoms in total. The van der Waals surface area contributed by atoms with E-state index in [2.05, 4.69) is 17.0 Å². The molecule has 1 fully saturated rings. The molecule has 172 valence electrons. The van der Waals surface area contributed by atoms with E-state index in [4.69, 9.17) is 0 Å². The lowest BCUT2D eigenvalue weighted by atomic mass is 10.1. The van der Waals surface area contributed by atoms with E-state index in [9.17, 15) is 22.4 Å². The van der Waals surface area contributed by atoms with E-state index < -0.39 is 21.8 Å². The highest BCUT2D eigenvalue weighted by Gasteiger charge is 2.35. The highest BCUT2D eigenvalue weighted by Crippen LogP contribution is 2.26. The Hall–Kier alpha value is -2.78. The van der Waals surface area contributed by atoms with Gasteiger partial charge in [-0.2, -0.15) is 0 Å². The quantitative estimate of drug-likeness (QED) is 0.528. The molecule has 32 heavy (non-hydrogen) atoms. The number of carbonyl (C=O) groups excluding carboxylic acids is 2. The molecule has 0 bridgehead atoms. The molecule has 1 atom stereocenters. The van der Waals surface area contributed by atoms with Crippen molar-refractivity contribution in [1.29, 1.82) is 0 Å². The first-order valence-electron chi connectivity index (χ1n) is 10.8. The number of benzene rings is 2. The summed E-state index contributed by atoms with van der Waals surface area (Å²) in [6, 6.07) is 11.5. The number of sulfonamides is 1. The molecule has 2 amide bonds. The van der Waals surface area contributed by atoms with Crippen LogP contribution in [0.4, 0.5) is 15.8 Å². The minimum Gasteiger partial charge on any atom is -0.326 e. The number of unbranched alkanes of at least 4 members (excludes halogenated alkanes) is 3. The zero-order valence-electron chi connectivity index (χ0n) is 18.0. The first kappa shape index (κ1) is 23.9. The van der Waals surface area contributed by atoms with Crippen LogP contribution in [0.15, 0.2) is 53.4 Å². The molecule has 1 unspecified atom stereocenters. The normalized spacial score (nSPS) is 16.4. The minimum atomic E-state index is -3.60. The van der Waals surface area contributed by atoms with Crippen LogP contribution in [0.2, 0.25) is 0 Å². The van der Waals surface area contributed by atoms with E-state index in [0.717, 1.165) is 25.7 Å². The molecular formula is C23H28FN3O4S. The molecule has 1 heterocycles. The molecule has 1 aliphatic heterocycles. The van der Waals surface area contributed by atoms with E-state index >= 15 is 0 Å². The van der Waals surface area contributed by atoms with Gasteiger partial charge < -0.3 is 10.2 Å². The van der Waals surface area contributed by atoms with E-state index in [0.29, 0.717) is 17.9 Å². The molecule has 2 aromatic carbocycles. The van der Waals surface area contributed by atoms with Gasteiger partial charge in [0.1, 0.15) is 5.82 Å². The van der Waals surface area contributed by atoms with Gasteiger partial charge in [0.05, 0.1) is 10.8 Å². The fourth-order valence-electron chi connectivity index (χ4n) is 3.56. The van der Waals surface area contributed by atoms with Gasteiger partial charge in [0.15, 0.2) is 0 Å². The number of hydrogen-bond acceptors (Lipinski definition) is 4. The zero-order valence-corrected chi connectivity index (χ0v) is 18.8. The number of nitrogens with zero attached hydrogens (tertiary/aromatic N) is 1. The highest BCUT2D eigenvalue weighted by atomic mass is 32.2. The van der Waals surface area contributed by atoms with Gasteiger partial charge >= 0.3 is 0 Å². The van der Waals surface area contributed by atoms with Crippen LogP contribution in [0.25, 0.3) is 0 Å². The number of rotatable bonds is 10. The van der Waals surface area contributed by atoms with Gasteiger partial charge in [0.2, 0.25) is 21.8 Å². The maximum atomic E-state index is 13.1. The van der Waals surface area contributed by atoms with Gasteiger partial charge in [-0.05, 0) is 55.0 Å². The lowest BCUT2D eigenvalue weighted by molar-refractivity contribution is -0.122. The Balaban J connectivity index is 1.55. The largest absolute Gasteiger partial charge is 0.326 e. The molecule has 0 saturated carbocycles. The highest BCUT2D eigenvalue weighted by molar-refractivity contribution is 7.89. The summed E-state index contributed by atoms with van der Waals surface area (Å²) in [6.07, 6.45) is 3.98. The molecule has 1 aliphatic rings. The summed E-state index contributed by atoms with van der Waals surface area (Å²) in [6.45, 7) is 2.68. The van der Waals surface area contributed by atoms with Crippen molar-refractivity contribution in [2.75, 3.05) is 23.3 Å². The average molecular weight is 462 g/mol. The Bertz CT molecular complexity index is 1040. The molecule has 0 aromatic heterocycles. The molecule has 1 saturated heterocycles. The summed E-state index contributed by atoms with van der Waals surface area (Å²) in [5.74, 6) is -1.48. The maximum Gasteiger partial charge on any atom is 0.240 e. The second kappa shape index (κ2) is 10.7. The Morgan fingerprint density at radius 2 is 1.75 bits per heavy atom. The third-order valence-corrected chi connectivity index (χ3v) is 6.87. The van der Waals surface area contributed by atoms with Crippen molar-refractivity contribution in [1.82, 2.24) is 4.72 Å². The fraction of sp³-hybridized carbons (Fsp3) is 0.391. The van der Waals surface area contributed by atoms with Crippen LogP contribution in [0, 0.1) is 11.7 Å². The Kier molecular flexibility index (Phi) is 7.98. The van der Waals surface area contributed by atoms with Crippen LogP contribution in [-0.4, -0.2) is 33.3 Å². The van der Waals surface area contributed by atoms with Gasteiger partial charge in [-0.1, -0.05) is 26.2 Å². The van der Waals surface area contributed by atoms with Crippen molar-refractivity contribution in [2.24, 2.45) is 5.92 Å². The Morgan fingerprint density at radius 3 is 2.41 bits per heavy atom. The number of nitrogens with one attached hydrogen (secondary N) is 2. The number of hydrogen-bond donors (Lipinski definition) is 2. The average Bonchev–Trinajstić information content (AvgIpc) is 3.16. The third kappa shape index (κ3) is 6.14. The Morgan fingerprint density at radius 1 is 1.06 bits per heavy atom. The Labute approximate surface area is 188 Å². The van der Waals surface area contributed by atoms with Crippen LogP contribution < -0.4 is 14.9 Å². The number of halogens is 1. The van der Waals surface area contributed by atoms with Crippen molar-refractivity contribution >= 4 is 33.2 Å². The van der Waals surface area contributed by atoms with Gasteiger partial charge in [-0.15, -0.1) is 0 Å². The zero-order chi connectivity index (χ0) is 23.1. The first-order valence-corrected chi connectivity index (χ1v) is 12.2. The molecule has 0 radical (unpaired) electrons. The standard InChI is InChI=1S/C23H28FN3O4S/c1-2-3-4-5-14-25-32(30,31)21-12-8-19(9-13-21)26-23(29)17-15-22(28)27(16-17)20-10-6-18(24)7-11-20/h6-13,17,25H,2-5,14-16H2,1H3,(H,26,29). The second-order valence-corrected chi connectivity index (χ2v) is 9.62. The van der Waals surface area contributed by atoms with Gasteiger partial charge in [-0.25, -0.2) is 17.5 Å². The molecule has 2 N–H and O–H groups in total. The summed E-state index contributed by atoms with van der Waals surface area (Å²) in [5, 5.41) is 2.74. The summed E-state index contributed by atoms with van der Waals surface area (Å²) in [7, 11) is -3.60. The molecular weight excluding hydrogens is 433 g/mol. The SMILES string of the molecule is CCCCCCNS(=O)(=O)c1ccc(NC(=O)C2CC(=O)N(c3ccc(F)cc3)C2)cc1. The van der Waals surface area contributed by atoms with Crippen molar-refractivity contribution in [3.8, 4) is 0 Å². The lowest BCUT2D eigenvalue weighted by Crippen LogP contribution is -2.28. The second-order valence-electron chi connectivity index (χ2n) is 7.85. The van der Waals surface area contributed by atoms with Crippen LogP contribution >= 0.6 is 0 Å². The van der Waals surface area contributed by atoms with Crippen molar-refractivity contribution in [2.45, 2.75) is 43.9 Å². The van der Waals surface area contributed by atoms with E-state index in [1.165, 1.54) is 53.4 Å². The van der Waals surface area contributed by atoms with Crippen molar-refractivity contribution < 1.29 is 22.4 Å². The van der Waals surface area contributed by atoms with Crippen molar-refractivity contribution in [3.63, 3.8) is 0 Å². The number of carbonyl (C=O) groups is 2. The van der Waals surface area contributed by atoms with Crippen molar-refractivity contribution in [3.05, 3.63) is 54.3 Å². The minimum absolute atomic E-state index is 0.0532. The van der Waals surface area contributed by atoms with Crippen LogP contribution in [0.1, 0.15) is 39.0 Å². The van der Waals surface area contributed by atoms with Gasteiger partial charge in [-0.3, -0.25) is 9.59 Å². The lowest BCUT2D eigenvalue weighted by Gasteiger charge is -2.16. The van der Waals surface area contributed by atoms with Crippen LogP contribution in [0.5, 0.6) is 0 Å². The van der Waals surface area contributed by atoms with E-state index in [1.54, 1.807) is 0 Å². The monoisotopic (exact) mass is 461 g/mol. The molecule has 9 heteroatoms. The smallest absolute Gasteiger partial charge is 0.240 e. The summed E-state index contributed by atoms with van der Waals surface area (Å²) in [4.78, 5) is 26.5. The summed E-state index contributed by atoms with van der Waals surface area (Å²) < 4.78 is 40.4. The van der Waals surface area contributed by atoms with Gasteiger partial charge in [0, 0.05) is 30.9 Å². The van der Waals surface area contributed by atoms with E-state index in [-0.39, 0.29) is 29.7 Å². The predicted molar refractivity (Wildman–Crippen MR) is 121 cm³/mol. The fourth-order valence-corrected chi connectivity index (χ4v) is 4.63. The van der Waals surface area contributed by atoms with Crippen LogP contribution in [-0.2, 0) is 19.6 Å². The number of anilines is 2. The molecule has 0 aliphatic carbocycles. The topological polar surface area (TPSA) is 95.6 Å². The summed E-state index contributed by atoms with van der Waals surface area (Å²) in [5.41, 5.74) is 0.994. The first-order chi connectivity index (χ1) is 15.3. The molecule has 3 rings (SSSR count). The number of amides is 2. The maximum absolute atomic E-state index is 13.1. The van der Waals surface area contributed by atoms with Gasteiger partial charge in [0.25, 0.3) is 0 Å².